The molecule has 1 heterocycles. The Morgan fingerprint density at radius 2 is 1.94 bits per heavy atom. The summed E-state index contributed by atoms with van der Waals surface area (Å²) in [5, 5.41) is 0. The minimum Gasteiger partial charge on any atom is -0.439 e. The summed E-state index contributed by atoms with van der Waals surface area (Å²) >= 11 is 3.33. The zero-order chi connectivity index (χ0) is 12.4. The van der Waals surface area contributed by atoms with Gasteiger partial charge in [0.15, 0.2) is 0 Å². The van der Waals surface area contributed by atoms with E-state index in [9.17, 15) is 0 Å². The molecule has 3 nitrogen and oxygen atoms in total. The fourth-order valence-corrected chi connectivity index (χ4v) is 1.73. The standard InChI is InChI=1S/C13H13BrN2O/c1-8-5-9(2)12(6-11(8)15)17-13-4-3-10(14)7-16-13/h3-7H,15H2,1-2H3. The number of pyridine rings is 1. The number of aromatic nitrogens is 1. The third kappa shape index (κ3) is 2.77. The normalized spacial score (nSPS) is 10.3. The highest BCUT2D eigenvalue weighted by atomic mass is 79.9. The SMILES string of the molecule is Cc1cc(C)c(Oc2ccc(Br)cn2)cc1N. The molecule has 0 spiro atoms. The van der Waals surface area contributed by atoms with Crippen LogP contribution in [-0.2, 0) is 0 Å². The summed E-state index contributed by atoms with van der Waals surface area (Å²) in [5.41, 5.74) is 8.68. The van der Waals surface area contributed by atoms with Crippen molar-refractivity contribution in [1.82, 2.24) is 4.98 Å². The number of benzene rings is 1. The van der Waals surface area contributed by atoms with E-state index in [4.69, 9.17) is 10.5 Å². The average Bonchev–Trinajstić information content (AvgIpc) is 2.29. The van der Waals surface area contributed by atoms with Gasteiger partial charge in [0.05, 0.1) is 0 Å². The lowest BCUT2D eigenvalue weighted by molar-refractivity contribution is 0.459. The molecule has 0 aliphatic rings. The molecular weight excluding hydrogens is 280 g/mol. The van der Waals surface area contributed by atoms with Crippen molar-refractivity contribution in [2.24, 2.45) is 0 Å². The van der Waals surface area contributed by atoms with Crippen LogP contribution in [0.4, 0.5) is 5.69 Å². The molecule has 0 unspecified atom stereocenters. The molecule has 0 aliphatic carbocycles. The molecule has 17 heavy (non-hydrogen) atoms. The Bertz CT molecular complexity index is 538. The van der Waals surface area contributed by atoms with Crippen molar-refractivity contribution >= 4 is 21.6 Å². The van der Waals surface area contributed by atoms with Gasteiger partial charge in [-0.15, -0.1) is 0 Å². The van der Waals surface area contributed by atoms with E-state index in [-0.39, 0.29) is 0 Å². The van der Waals surface area contributed by atoms with Crippen molar-refractivity contribution in [1.29, 1.82) is 0 Å². The second kappa shape index (κ2) is 4.75. The summed E-state index contributed by atoms with van der Waals surface area (Å²) in [6.07, 6.45) is 1.70. The first-order valence-electron chi connectivity index (χ1n) is 5.22. The quantitative estimate of drug-likeness (QED) is 0.856. The van der Waals surface area contributed by atoms with Crippen LogP contribution in [0.5, 0.6) is 11.6 Å². The molecule has 1 aromatic heterocycles. The lowest BCUT2D eigenvalue weighted by atomic mass is 10.1. The maximum atomic E-state index is 5.86. The minimum absolute atomic E-state index is 0.555. The number of nitrogen functional groups attached to an aromatic ring is 1. The van der Waals surface area contributed by atoms with Gasteiger partial charge in [-0.05, 0) is 47.0 Å². The van der Waals surface area contributed by atoms with Crippen molar-refractivity contribution in [3.05, 3.63) is 46.1 Å². The Kier molecular flexibility index (Phi) is 3.33. The van der Waals surface area contributed by atoms with E-state index in [1.807, 2.05) is 32.0 Å². The Morgan fingerprint density at radius 1 is 1.18 bits per heavy atom. The Hall–Kier alpha value is -1.55. The number of ether oxygens (including phenoxy) is 1. The molecule has 2 aromatic rings. The Morgan fingerprint density at radius 3 is 2.59 bits per heavy atom. The Labute approximate surface area is 109 Å². The lowest BCUT2D eigenvalue weighted by Crippen LogP contribution is -1.95. The molecule has 88 valence electrons. The third-order valence-corrected chi connectivity index (χ3v) is 2.95. The number of hydrogen-bond acceptors (Lipinski definition) is 3. The van der Waals surface area contributed by atoms with Gasteiger partial charge in [0, 0.05) is 28.5 Å². The molecule has 0 bridgehead atoms. The summed E-state index contributed by atoms with van der Waals surface area (Å²) in [6.45, 7) is 3.96. The van der Waals surface area contributed by atoms with Gasteiger partial charge in [0.2, 0.25) is 5.88 Å². The fraction of sp³-hybridized carbons (Fsp3) is 0.154. The molecule has 2 rings (SSSR count). The van der Waals surface area contributed by atoms with Gasteiger partial charge in [-0.25, -0.2) is 4.98 Å². The van der Waals surface area contributed by atoms with Crippen LogP contribution in [0.2, 0.25) is 0 Å². The van der Waals surface area contributed by atoms with Gasteiger partial charge in [0.1, 0.15) is 5.75 Å². The smallest absolute Gasteiger partial charge is 0.219 e. The van der Waals surface area contributed by atoms with Gasteiger partial charge < -0.3 is 10.5 Å². The van der Waals surface area contributed by atoms with E-state index in [0.717, 1.165) is 27.0 Å². The largest absolute Gasteiger partial charge is 0.439 e. The summed E-state index contributed by atoms with van der Waals surface area (Å²) in [4.78, 5) is 4.16. The maximum Gasteiger partial charge on any atom is 0.219 e. The summed E-state index contributed by atoms with van der Waals surface area (Å²) in [7, 11) is 0. The predicted molar refractivity (Wildman–Crippen MR) is 72.3 cm³/mol. The molecule has 1 aromatic carbocycles. The second-order valence-electron chi connectivity index (χ2n) is 3.89. The predicted octanol–water partition coefficient (Wildman–Crippen LogP) is 3.84. The zero-order valence-electron chi connectivity index (χ0n) is 9.70. The molecule has 0 saturated heterocycles. The molecule has 0 amide bonds. The first kappa shape index (κ1) is 11.9. The van der Waals surface area contributed by atoms with Crippen LogP contribution in [0.3, 0.4) is 0 Å². The molecule has 2 N–H and O–H groups in total. The van der Waals surface area contributed by atoms with Gasteiger partial charge in [-0.1, -0.05) is 6.07 Å². The highest BCUT2D eigenvalue weighted by Crippen LogP contribution is 2.28. The van der Waals surface area contributed by atoms with E-state index in [1.54, 1.807) is 12.3 Å². The number of hydrogen-bond donors (Lipinski definition) is 1. The molecule has 0 radical (unpaired) electrons. The maximum absolute atomic E-state index is 5.86. The van der Waals surface area contributed by atoms with Crippen molar-refractivity contribution in [3.63, 3.8) is 0 Å². The lowest BCUT2D eigenvalue weighted by Gasteiger charge is -2.10. The summed E-state index contributed by atoms with van der Waals surface area (Å²) in [5.74, 6) is 1.29. The monoisotopic (exact) mass is 292 g/mol. The molecular formula is C13H13BrN2O. The van der Waals surface area contributed by atoms with Crippen molar-refractivity contribution < 1.29 is 4.74 Å². The molecule has 0 fully saturated rings. The van der Waals surface area contributed by atoms with Crippen molar-refractivity contribution in [2.45, 2.75) is 13.8 Å². The number of halogens is 1. The number of nitrogens with two attached hydrogens (primary N) is 1. The van der Waals surface area contributed by atoms with Gasteiger partial charge in [-0.3, -0.25) is 0 Å². The van der Waals surface area contributed by atoms with Crippen molar-refractivity contribution in [3.8, 4) is 11.6 Å². The highest BCUT2D eigenvalue weighted by Gasteiger charge is 2.05. The molecule has 0 aliphatic heterocycles. The van der Waals surface area contributed by atoms with Gasteiger partial charge >= 0.3 is 0 Å². The minimum atomic E-state index is 0.555. The number of nitrogens with zero attached hydrogens (tertiary/aromatic N) is 1. The fourth-order valence-electron chi connectivity index (χ4n) is 1.49. The summed E-state index contributed by atoms with van der Waals surface area (Å²) < 4.78 is 6.61. The Balaban J connectivity index is 2.30. The van der Waals surface area contributed by atoms with E-state index in [0.29, 0.717) is 5.88 Å². The summed E-state index contributed by atoms with van der Waals surface area (Å²) in [6, 6.07) is 7.52. The first-order valence-corrected chi connectivity index (χ1v) is 6.01. The second-order valence-corrected chi connectivity index (χ2v) is 4.81. The number of anilines is 1. The van der Waals surface area contributed by atoms with E-state index in [1.165, 1.54) is 0 Å². The highest BCUT2D eigenvalue weighted by molar-refractivity contribution is 9.10. The number of aryl methyl sites for hydroxylation is 2. The van der Waals surface area contributed by atoms with E-state index < -0.39 is 0 Å². The van der Waals surface area contributed by atoms with Crippen LogP contribution >= 0.6 is 15.9 Å². The number of rotatable bonds is 2. The van der Waals surface area contributed by atoms with Crippen LogP contribution in [0, 0.1) is 13.8 Å². The van der Waals surface area contributed by atoms with Crippen LogP contribution in [0.1, 0.15) is 11.1 Å². The van der Waals surface area contributed by atoms with Crippen LogP contribution in [0.15, 0.2) is 34.9 Å². The van der Waals surface area contributed by atoms with Gasteiger partial charge in [-0.2, -0.15) is 0 Å². The first-order chi connectivity index (χ1) is 8.06. The molecule has 0 atom stereocenters. The van der Waals surface area contributed by atoms with Crippen LogP contribution in [-0.4, -0.2) is 4.98 Å². The topological polar surface area (TPSA) is 48.1 Å². The zero-order valence-corrected chi connectivity index (χ0v) is 11.3. The molecule has 4 heteroatoms. The van der Waals surface area contributed by atoms with Crippen LogP contribution in [0.25, 0.3) is 0 Å². The van der Waals surface area contributed by atoms with Gasteiger partial charge in [0.25, 0.3) is 0 Å². The third-order valence-electron chi connectivity index (χ3n) is 2.48. The molecule has 0 saturated carbocycles. The van der Waals surface area contributed by atoms with E-state index in [2.05, 4.69) is 20.9 Å². The van der Waals surface area contributed by atoms with Crippen molar-refractivity contribution in [2.75, 3.05) is 5.73 Å². The van der Waals surface area contributed by atoms with Crippen LogP contribution < -0.4 is 10.5 Å². The van der Waals surface area contributed by atoms with E-state index >= 15 is 0 Å². The average molecular weight is 293 g/mol.